The number of hydrogen-bond donors (Lipinski definition) is 0. The first-order valence-corrected chi connectivity index (χ1v) is 12.2. The van der Waals surface area contributed by atoms with Crippen molar-refractivity contribution in [1.29, 1.82) is 0 Å². The quantitative estimate of drug-likeness (QED) is 0.544. The second kappa shape index (κ2) is 10.3. The van der Waals surface area contributed by atoms with E-state index in [-0.39, 0.29) is 0 Å². The molecule has 3 nitrogen and oxygen atoms in total. The van der Waals surface area contributed by atoms with Crippen LogP contribution in [0.25, 0.3) is 0 Å². The SMILES string of the molecule is c1ccc(C(CN2CCC[C@@H](N3CCN(c4ccccc4)CC3)C2)c2ccccc2)cc1. The predicted octanol–water partition coefficient (Wildman–Crippen LogP) is 5.11. The summed E-state index contributed by atoms with van der Waals surface area (Å²) in [6.07, 6.45) is 2.64. The van der Waals surface area contributed by atoms with Gasteiger partial charge in [0.15, 0.2) is 0 Å². The molecule has 3 aromatic carbocycles. The second-order valence-corrected chi connectivity index (χ2v) is 9.29. The van der Waals surface area contributed by atoms with Gasteiger partial charge in [0.1, 0.15) is 0 Å². The highest BCUT2D eigenvalue weighted by molar-refractivity contribution is 5.46. The van der Waals surface area contributed by atoms with Gasteiger partial charge in [0, 0.05) is 56.9 Å². The van der Waals surface area contributed by atoms with E-state index < -0.39 is 0 Å². The molecule has 5 rings (SSSR count). The molecule has 1 atom stereocenters. The summed E-state index contributed by atoms with van der Waals surface area (Å²) in [5.41, 5.74) is 4.22. The van der Waals surface area contributed by atoms with Crippen molar-refractivity contribution in [3.8, 4) is 0 Å². The van der Waals surface area contributed by atoms with E-state index in [1.165, 1.54) is 55.8 Å². The van der Waals surface area contributed by atoms with E-state index in [0.717, 1.165) is 19.6 Å². The van der Waals surface area contributed by atoms with E-state index in [1.54, 1.807) is 0 Å². The average molecular weight is 426 g/mol. The van der Waals surface area contributed by atoms with Crippen LogP contribution >= 0.6 is 0 Å². The van der Waals surface area contributed by atoms with Crippen molar-refractivity contribution in [3.63, 3.8) is 0 Å². The zero-order chi connectivity index (χ0) is 21.6. The lowest BCUT2D eigenvalue weighted by molar-refractivity contribution is 0.0909. The van der Waals surface area contributed by atoms with Gasteiger partial charge in [-0.05, 0) is 42.6 Å². The number of piperidine rings is 1. The van der Waals surface area contributed by atoms with Crippen LogP contribution in [0.4, 0.5) is 5.69 Å². The summed E-state index contributed by atoms with van der Waals surface area (Å²) in [5, 5.41) is 0. The summed E-state index contributed by atoms with van der Waals surface area (Å²) in [6, 6.07) is 33.7. The van der Waals surface area contributed by atoms with Crippen LogP contribution in [0.1, 0.15) is 29.9 Å². The number of hydrogen-bond acceptors (Lipinski definition) is 3. The molecule has 3 heteroatoms. The molecule has 0 spiro atoms. The molecule has 0 aliphatic carbocycles. The topological polar surface area (TPSA) is 9.72 Å². The van der Waals surface area contributed by atoms with Crippen LogP contribution in [0.15, 0.2) is 91.0 Å². The molecule has 0 bridgehead atoms. The lowest BCUT2D eigenvalue weighted by atomic mass is 9.90. The summed E-state index contributed by atoms with van der Waals surface area (Å²) >= 11 is 0. The number of benzene rings is 3. The molecular weight excluding hydrogens is 390 g/mol. The first-order valence-electron chi connectivity index (χ1n) is 12.2. The van der Waals surface area contributed by atoms with Gasteiger partial charge in [-0.3, -0.25) is 4.90 Å². The van der Waals surface area contributed by atoms with Crippen molar-refractivity contribution in [2.45, 2.75) is 24.8 Å². The first kappa shape index (κ1) is 21.2. The average Bonchev–Trinajstić information content (AvgIpc) is 2.89. The van der Waals surface area contributed by atoms with Gasteiger partial charge in [-0.15, -0.1) is 0 Å². The Bertz CT molecular complexity index is 896. The van der Waals surface area contributed by atoms with E-state index in [0.29, 0.717) is 12.0 Å². The Hall–Kier alpha value is -2.62. The highest BCUT2D eigenvalue weighted by Crippen LogP contribution is 2.28. The molecule has 0 amide bonds. The molecule has 3 aromatic rings. The number of nitrogens with zero attached hydrogens (tertiary/aromatic N) is 3. The van der Waals surface area contributed by atoms with Gasteiger partial charge in [-0.25, -0.2) is 0 Å². The number of piperazine rings is 1. The standard InChI is InChI=1S/C29H35N3/c1-4-11-25(12-5-1)29(26-13-6-2-7-14-26)24-30-18-10-17-28(23-30)32-21-19-31(20-22-32)27-15-8-3-9-16-27/h1-9,11-16,28-29H,10,17-24H2/t28-/m1/s1. The van der Waals surface area contributed by atoms with Gasteiger partial charge >= 0.3 is 0 Å². The van der Waals surface area contributed by atoms with Gasteiger partial charge in [0.2, 0.25) is 0 Å². The lowest BCUT2D eigenvalue weighted by Crippen LogP contribution is -2.55. The predicted molar refractivity (Wildman–Crippen MR) is 134 cm³/mol. The Morgan fingerprint density at radius 1 is 0.656 bits per heavy atom. The maximum Gasteiger partial charge on any atom is 0.0367 e. The van der Waals surface area contributed by atoms with Crippen molar-refractivity contribution in [2.75, 3.05) is 50.7 Å². The van der Waals surface area contributed by atoms with Gasteiger partial charge < -0.3 is 9.80 Å². The molecule has 0 radical (unpaired) electrons. The third kappa shape index (κ3) is 5.06. The lowest BCUT2D eigenvalue weighted by Gasteiger charge is -2.44. The molecule has 0 aromatic heterocycles. The van der Waals surface area contributed by atoms with Crippen LogP contribution in [-0.4, -0.2) is 61.7 Å². The molecule has 2 aliphatic rings. The minimum atomic E-state index is 0.436. The largest absolute Gasteiger partial charge is 0.369 e. The molecule has 2 fully saturated rings. The number of likely N-dealkylation sites (tertiary alicyclic amines) is 1. The Kier molecular flexibility index (Phi) is 6.86. The van der Waals surface area contributed by atoms with Gasteiger partial charge in [-0.1, -0.05) is 78.9 Å². The Morgan fingerprint density at radius 3 is 1.81 bits per heavy atom. The van der Waals surface area contributed by atoms with E-state index >= 15 is 0 Å². The molecule has 2 saturated heterocycles. The fourth-order valence-electron chi connectivity index (χ4n) is 5.51. The first-order chi connectivity index (χ1) is 15.9. The van der Waals surface area contributed by atoms with E-state index in [4.69, 9.17) is 0 Å². The Labute approximate surface area is 193 Å². The van der Waals surface area contributed by atoms with E-state index in [2.05, 4.69) is 106 Å². The van der Waals surface area contributed by atoms with Crippen molar-refractivity contribution in [1.82, 2.24) is 9.80 Å². The number of rotatable bonds is 6. The minimum Gasteiger partial charge on any atom is -0.369 e. The monoisotopic (exact) mass is 425 g/mol. The molecule has 0 N–H and O–H groups in total. The fourth-order valence-corrected chi connectivity index (χ4v) is 5.51. The molecule has 2 heterocycles. The third-order valence-corrected chi connectivity index (χ3v) is 7.28. The van der Waals surface area contributed by atoms with Crippen LogP contribution in [0.3, 0.4) is 0 Å². The maximum atomic E-state index is 2.76. The third-order valence-electron chi connectivity index (χ3n) is 7.28. The van der Waals surface area contributed by atoms with Crippen LogP contribution in [0.5, 0.6) is 0 Å². The van der Waals surface area contributed by atoms with Crippen molar-refractivity contribution in [2.24, 2.45) is 0 Å². The maximum absolute atomic E-state index is 2.76. The zero-order valence-electron chi connectivity index (χ0n) is 19.0. The van der Waals surface area contributed by atoms with Crippen molar-refractivity contribution >= 4 is 5.69 Å². The highest BCUT2D eigenvalue weighted by Gasteiger charge is 2.29. The zero-order valence-corrected chi connectivity index (χ0v) is 19.0. The van der Waals surface area contributed by atoms with Crippen molar-refractivity contribution < 1.29 is 0 Å². The normalized spacial score (nSPS) is 20.5. The van der Waals surface area contributed by atoms with Crippen LogP contribution in [0, 0.1) is 0 Å². The summed E-state index contributed by atoms with van der Waals surface area (Å²) in [7, 11) is 0. The molecule has 0 unspecified atom stereocenters. The van der Waals surface area contributed by atoms with Crippen LogP contribution < -0.4 is 4.90 Å². The summed E-state index contributed by atoms with van der Waals surface area (Å²) in [6.45, 7) is 8.14. The van der Waals surface area contributed by atoms with E-state index in [9.17, 15) is 0 Å². The smallest absolute Gasteiger partial charge is 0.0367 e. The Morgan fingerprint density at radius 2 is 1.22 bits per heavy atom. The van der Waals surface area contributed by atoms with Crippen molar-refractivity contribution in [3.05, 3.63) is 102 Å². The van der Waals surface area contributed by atoms with Crippen LogP contribution in [0.2, 0.25) is 0 Å². The summed E-state index contributed by atoms with van der Waals surface area (Å²) < 4.78 is 0. The Balaban J connectivity index is 1.23. The summed E-state index contributed by atoms with van der Waals surface area (Å²) in [5.74, 6) is 0.436. The summed E-state index contributed by atoms with van der Waals surface area (Å²) in [4.78, 5) is 8.02. The van der Waals surface area contributed by atoms with E-state index in [1.807, 2.05) is 0 Å². The highest BCUT2D eigenvalue weighted by atomic mass is 15.3. The minimum absolute atomic E-state index is 0.436. The second-order valence-electron chi connectivity index (χ2n) is 9.29. The molecular formula is C29H35N3. The fraction of sp³-hybridized carbons (Fsp3) is 0.379. The van der Waals surface area contributed by atoms with Gasteiger partial charge in [0.05, 0.1) is 0 Å². The number of anilines is 1. The number of para-hydroxylation sites is 1. The molecule has 32 heavy (non-hydrogen) atoms. The molecule has 166 valence electrons. The molecule has 0 saturated carbocycles. The van der Waals surface area contributed by atoms with Gasteiger partial charge in [-0.2, -0.15) is 0 Å². The van der Waals surface area contributed by atoms with Crippen LogP contribution in [-0.2, 0) is 0 Å². The molecule has 2 aliphatic heterocycles. The van der Waals surface area contributed by atoms with Gasteiger partial charge in [0.25, 0.3) is 0 Å².